The average molecular weight is 345 g/mol. The van der Waals surface area contributed by atoms with Gasteiger partial charge in [-0.05, 0) is 57.7 Å². The lowest BCUT2D eigenvalue weighted by atomic mass is 9.97. The monoisotopic (exact) mass is 345 g/mol. The summed E-state index contributed by atoms with van der Waals surface area (Å²) in [6.45, 7) is 7.55. The third-order valence-corrected chi connectivity index (χ3v) is 3.92. The summed E-state index contributed by atoms with van der Waals surface area (Å²) in [5, 5.41) is 2.92. The van der Waals surface area contributed by atoms with E-state index in [9.17, 15) is 9.59 Å². The van der Waals surface area contributed by atoms with Gasteiger partial charge in [0.05, 0.1) is 5.69 Å². The Bertz CT molecular complexity index is 600. The largest absolute Gasteiger partial charge is 0.444 e. The van der Waals surface area contributed by atoms with Gasteiger partial charge in [-0.3, -0.25) is 9.78 Å². The Hall–Kier alpha value is -2.37. The Kier molecular flexibility index (Phi) is 6.56. The van der Waals surface area contributed by atoms with E-state index in [4.69, 9.17) is 4.74 Å². The summed E-state index contributed by atoms with van der Waals surface area (Å²) in [6.07, 6.45) is 6.36. The first kappa shape index (κ1) is 19.0. The van der Waals surface area contributed by atoms with Crippen LogP contribution in [-0.4, -0.2) is 47.1 Å². The van der Waals surface area contributed by atoms with Crippen molar-refractivity contribution in [2.75, 3.05) is 19.6 Å². The van der Waals surface area contributed by atoms with Gasteiger partial charge in [0.25, 0.3) is 0 Å². The highest BCUT2D eigenvalue weighted by atomic mass is 16.6. The fraction of sp³-hybridized carbons (Fsp3) is 0.526. The molecule has 2 amide bonds. The van der Waals surface area contributed by atoms with Crippen molar-refractivity contribution in [1.82, 2.24) is 15.2 Å². The highest BCUT2D eigenvalue weighted by Gasteiger charge is 2.26. The third-order valence-electron chi connectivity index (χ3n) is 3.92. The molecule has 0 aromatic carbocycles. The summed E-state index contributed by atoms with van der Waals surface area (Å²) >= 11 is 0. The molecule has 1 aliphatic rings. The summed E-state index contributed by atoms with van der Waals surface area (Å²) in [4.78, 5) is 29.8. The number of nitrogens with one attached hydrogen (secondary N) is 1. The smallest absolute Gasteiger partial charge is 0.410 e. The van der Waals surface area contributed by atoms with Crippen LogP contribution in [0.2, 0.25) is 0 Å². The third kappa shape index (κ3) is 6.95. The number of aromatic nitrogens is 1. The first-order chi connectivity index (χ1) is 11.8. The predicted octanol–water partition coefficient (Wildman–Crippen LogP) is 2.86. The molecule has 0 saturated carbocycles. The molecule has 2 heterocycles. The van der Waals surface area contributed by atoms with Crippen LogP contribution in [0.25, 0.3) is 6.08 Å². The second kappa shape index (κ2) is 8.65. The lowest BCUT2D eigenvalue weighted by Gasteiger charge is -2.33. The van der Waals surface area contributed by atoms with Gasteiger partial charge in [0.2, 0.25) is 5.91 Å². The minimum atomic E-state index is -0.470. The van der Waals surface area contributed by atoms with Gasteiger partial charge in [0, 0.05) is 31.9 Å². The molecule has 1 aliphatic heterocycles. The van der Waals surface area contributed by atoms with Crippen molar-refractivity contribution < 1.29 is 14.3 Å². The van der Waals surface area contributed by atoms with E-state index in [2.05, 4.69) is 10.3 Å². The average Bonchev–Trinajstić information content (AvgIpc) is 2.58. The molecule has 136 valence electrons. The Morgan fingerprint density at radius 3 is 2.64 bits per heavy atom. The molecule has 0 unspecified atom stereocenters. The van der Waals surface area contributed by atoms with Gasteiger partial charge < -0.3 is 15.0 Å². The first-order valence-electron chi connectivity index (χ1n) is 8.68. The van der Waals surface area contributed by atoms with Crippen LogP contribution in [0.1, 0.15) is 39.3 Å². The molecule has 1 aromatic rings. The van der Waals surface area contributed by atoms with Crippen LogP contribution in [0.5, 0.6) is 0 Å². The topological polar surface area (TPSA) is 71.5 Å². The highest BCUT2D eigenvalue weighted by molar-refractivity contribution is 5.91. The Morgan fingerprint density at radius 1 is 1.32 bits per heavy atom. The van der Waals surface area contributed by atoms with Crippen molar-refractivity contribution in [2.45, 2.75) is 39.2 Å². The number of piperidine rings is 1. The van der Waals surface area contributed by atoms with E-state index >= 15 is 0 Å². The summed E-state index contributed by atoms with van der Waals surface area (Å²) in [5.74, 6) is 0.256. The summed E-state index contributed by atoms with van der Waals surface area (Å²) in [7, 11) is 0. The van der Waals surface area contributed by atoms with Gasteiger partial charge in [-0.25, -0.2) is 4.79 Å². The molecule has 6 heteroatoms. The van der Waals surface area contributed by atoms with Gasteiger partial charge in [0.1, 0.15) is 5.60 Å². The number of ether oxygens (including phenoxy) is 1. The summed E-state index contributed by atoms with van der Waals surface area (Å²) < 4.78 is 5.39. The number of likely N-dealkylation sites (tertiary alicyclic amines) is 1. The second-order valence-electron chi connectivity index (χ2n) is 7.24. The van der Waals surface area contributed by atoms with E-state index in [1.54, 1.807) is 17.2 Å². The zero-order valence-electron chi connectivity index (χ0n) is 15.2. The van der Waals surface area contributed by atoms with Crippen molar-refractivity contribution >= 4 is 18.1 Å². The zero-order chi connectivity index (χ0) is 18.3. The molecule has 1 aromatic heterocycles. The van der Waals surface area contributed by atoms with Crippen LogP contribution in [0.15, 0.2) is 30.5 Å². The van der Waals surface area contributed by atoms with E-state index < -0.39 is 5.60 Å². The first-order valence-corrected chi connectivity index (χ1v) is 8.68. The van der Waals surface area contributed by atoms with Gasteiger partial charge >= 0.3 is 6.09 Å². The molecule has 2 rings (SSSR count). The quantitative estimate of drug-likeness (QED) is 0.852. The van der Waals surface area contributed by atoms with Gasteiger partial charge in [-0.2, -0.15) is 0 Å². The number of rotatable bonds is 4. The van der Waals surface area contributed by atoms with Crippen molar-refractivity contribution in [2.24, 2.45) is 5.92 Å². The zero-order valence-corrected chi connectivity index (χ0v) is 15.2. The fourth-order valence-corrected chi connectivity index (χ4v) is 2.59. The van der Waals surface area contributed by atoms with E-state index in [1.165, 1.54) is 6.08 Å². The minimum absolute atomic E-state index is 0.125. The Balaban J connectivity index is 1.69. The maximum absolute atomic E-state index is 12.0. The van der Waals surface area contributed by atoms with Crippen molar-refractivity contribution in [3.8, 4) is 0 Å². The molecule has 1 saturated heterocycles. The molecule has 0 bridgehead atoms. The highest BCUT2D eigenvalue weighted by Crippen LogP contribution is 2.19. The molecule has 0 atom stereocenters. The van der Waals surface area contributed by atoms with Crippen LogP contribution >= 0.6 is 0 Å². The number of carbonyl (C=O) groups is 2. The maximum Gasteiger partial charge on any atom is 0.410 e. The lowest BCUT2D eigenvalue weighted by Crippen LogP contribution is -2.43. The second-order valence-corrected chi connectivity index (χ2v) is 7.24. The molecule has 0 aliphatic carbocycles. The van der Waals surface area contributed by atoms with Gasteiger partial charge in [-0.15, -0.1) is 0 Å². The fourth-order valence-electron chi connectivity index (χ4n) is 2.59. The predicted molar refractivity (Wildman–Crippen MR) is 96.8 cm³/mol. The Morgan fingerprint density at radius 2 is 2.04 bits per heavy atom. The van der Waals surface area contributed by atoms with Crippen LogP contribution in [0.3, 0.4) is 0 Å². The molecule has 25 heavy (non-hydrogen) atoms. The lowest BCUT2D eigenvalue weighted by molar-refractivity contribution is -0.116. The van der Waals surface area contributed by atoms with Crippen LogP contribution in [0.4, 0.5) is 4.79 Å². The number of nitrogens with zero attached hydrogens (tertiary/aromatic N) is 2. The van der Waals surface area contributed by atoms with Crippen molar-refractivity contribution in [3.05, 3.63) is 36.2 Å². The molecule has 1 N–H and O–H groups in total. The number of carbonyl (C=O) groups excluding carboxylic acids is 2. The molecular formula is C19H27N3O3. The maximum atomic E-state index is 12.0. The van der Waals surface area contributed by atoms with Crippen LogP contribution in [0, 0.1) is 5.92 Å². The van der Waals surface area contributed by atoms with Crippen molar-refractivity contribution in [3.63, 3.8) is 0 Å². The van der Waals surface area contributed by atoms with Crippen LogP contribution < -0.4 is 5.32 Å². The number of hydrogen-bond donors (Lipinski definition) is 1. The SMILES string of the molecule is CC(C)(C)OC(=O)N1CCC(CNC(=O)/C=C\c2ccccn2)CC1. The van der Waals surface area contributed by atoms with E-state index in [0.717, 1.165) is 18.5 Å². The van der Waals surface area contributed by atoms with Gasteiger partial charge in [-0.1, -0.05) is 6.07 Å². The molecular weight excluding hydrogens is 318 g/mol. The van der Waals surface area contributed by atoms with E-state index in [1.807, 2.05) is 39.0 Å². The minimum Gasteiger partial charge on any atom is -0.444 e. The normalized spacial score (nSPS) is 16.0. The number of hydrogen-bond acceptors (Lipinski definition) is 4. The van der Waals surface area contributed by atoms with Gasteiger partial charge in [0.15, 0.2) is 0 Å². The standard InChI is InChI=1S/C19H27N3O3/c1-19(2,3)25-18(24)22-12-9-15(10-13-22)14-21-17(23)8-7-16-6-4-5-11-20-16/h4-8,11,15H,9-10,12-14H2,1-3H3,(H,21,23)/b8-7-. The number of pyridine rings is 1. The van der Waals surface area contributed by atoms with E-state index in [-0.39, 0.29) is 12.0 Å². The summed E-state index contributed by atoms with van der Waals surface area (Å²) in [5.41, 5.74) is 0.283. The molecule has 0 spiro atoms. The van der Waals surface area contributed by atoms with Crippen LogP contribution in [-0.2, 0) is 9.53 Å². The molecule has 0 radical (unpaired) electrons. The molecule has 6 nitrogen and oxygen atoms in total. The molecule has 1 fully saturated rings. The summed E-state index contributed by atoms with van der Waals surface area (Å²) in [6, 6.07) is 5.56. The Labute approximate surface area is 149 Å². The van der Waals surface area contributed by atoms with Crippen molar-refractivity contribution in [1.29, 1.82) is 0 Å². The van der Waals surface area contributed by atoms with E-state index in [0.29, 0.717) is 25.6 Å². The number of amides is 2.